The fourth-order valence-corrected chi connectivity index (χ4v) is 2.18. The van der Waals surface area contributed by atoms with Gasteiger partial charge in [-0.25, -0.2) is 0 Å². The van der Waals surface area contributed by atoms with Crippen molar-refractivity contribution in [1.82, 2.24) is 5.32 Å². The van der Waals surface area contributed by atoms with Gasteiger partial charge < -0.3 is 16.2 Å². The van der Waals surface area contributed by atoms with E-state index in [-0.39, 0.29) is 18.2 Å². The zero-order valence-corrected chi connectivity index (χ0v) is 10.4. The molecular weight excluding hydrogens is 220 g/mol. The van der Waals surface area contributed by atoms with Crippen LogP contribution in [0.1, 0.15) is 45.4 Å². The quantitative estimate of drug-likeness (QED) is 0.617. The molecule has 0 radical (unpaired) electrons. The molecule has 17 heavy (non-hydrogen) atoms. The highest BCUT2D eigenvalue weighted by Gasteiger charge is 2.40. The van der Waals surface area contributed by atoms with Gasteiger partial charge in [-0.15, -0.1) is 0 Å². The van der Waals surface area contributed by atoms with Crippen LogP contribution in [-0.2, 0) is 9.59 Å². The van der Waals surface area contributed by atoms with Gasteiger partial charge in [0, 0.05) is 5.92 Å². The molecule has 1 aliphatic carbocycles. The highest BCUT2D eigenvalue weighted by Crippen LogP contribution is 2.35. The summed E-state index contributed by atoms with van der Waals surface area (Å²) in [4.78, 5) is 22.7. The highest BCUT2D eigenvalue weighted by atomic mass is 16.4. The summed E-state index contributed by atoms with van der Waals surface area (Å²) in [5, 5.41) is 11.7. The molecular formula is C12H22N2O3. The van der Waals surface area contributed by atoms with E-state index in [2.05, 4.69) is 5.32 Å². The molecule has 0 saturated heterocycles. The van der Waals surface area contributed by atoms with Crippen molar-refractivity contribution in [2.24, 2.45) is 11.7 Å². The van der Waals surface area contributed by atoms with Crippen LogP contribution in [0.15, 0.2) is 0 Å². The van der Waals surface area contributed by atoms with Crippen molar-refractivity contribution in [1.29, 1.82) is 0 Å². The molecule has 0 aromatic carbocycles. The Morgan fingerprint density at radius 1 is 1.47 bits per heavy atom. The predicted octanol–water partition coefficient (Wildman–Crippen LogP) is 0.875. The Hall–Kier alpha value is -1.10. The number of carboxylic acids is 1. The van der Waals surface area contributed by atoms with E-state index in [0.29, 0.717) is 6.54 Å². The lowest BCUT2D eigenvalue weighted by atomic mass is 9.74. The molecule has 0 aliphatic heterocycles. The summed E-state index contributed by atoms with van der Waals surface area (Å²) in [7, 11) is 0. The standard InChI is InChI=1S/C12H22N2O3/c1-9(4-2-7-13)11(17)14-12(5-3-6-12)8-10(15)16/h9H,2-8,13H2,1H3,(H,14,17)(H,15,16). The lowest BCUT2D eigenvalue weighted by molar-refractivity contribution is -0.140. The Morgan fingerprint density at radius 3 is 2.53 bits per heavy atom. The van der Waals surface area contributed by atoms with E-state index in [1.165, 1.54) is 0 Å². The molecule has 1 saturated carbocycles. The summed E-state index contributed by atoms with van der Waals surface area (Å²) < 4.78 is 0. The largest absolute Gasteiger partial charge is 0.481 e. The molecule has 1 amide bonds. The van der Waals surface area contributed by atoms with Crippen LogP contribution in [0, 0.1) is 5.92 Å². The second kappa shape index (κ2) is 6.00. The molecule has 1 atom stereocenters. The Kier molecular flexibility index (Phi) is 4.93. The molecule has 0 bridgehead atoms. The van der Waals surface area contributed by atoms with Gasteiger partial charge in [-0.05, 0) is 38.6 Å². The summed E-state index contributed by atoms with van der Waals surface area (Å²) in [5.41, 5.74) is 4.91. The topological polar surface area (TPSA) is 92.4 Å². The second-order valence-corrected chi connectivity index (χ2v) is 5.03. The third kappa shape index (κ3) is 4.00. The monoisotopic (exact) mass is 242 g/mol. The van der Waals surface area contributed by atoms with Crippen LogP contribution in [0.4, 0.5) is 0 Å². The van der Waals surface area contributed by atoms with E-state index < -0.39 is 11.5 Å². The zero-order valence-electron chi connectivity index (χ0n) is 10.4. The molecule has 0 aromatic rings. The molecule has 98 valence electrons. The average Bonchev–Trinajstić information content (AvgIpc) is 2.21. The summed E-state index contributed by atoms with van der Waals surface area (Å²) in [6, 6.07) is 0. The maximum atomic E-state index is 11.9. The molecule has 1 rings (SSSR count). The number of nitrogens with two attached hydrogens (primary N) is 1. The Bertz CT molecular complexity index is 287. The Labute approximate surface area is 102 Å². The third-order valence-electron chi connectivity index (χ3n) is 3.48. The first-order chi connectivity index (χ1) is 7.99. The van der Waals surface area contributed by atoms with Crippen LogP contribution in [0.25, 0.3) is 0 Å². The molecule has 0 aromatic heterocycles. The van der Waals surface area contributed by atoms with E-state index in [1.54, 1.807) is 0 Å². The molecule has 1 aliphatic rings. The van der Waals surface area contributed by atoms with E-state index in [0.717, 1.165) is 32.1 Å². The number of rotatable bonds is 7. The minimum absolute atomic E-state index is 0.0301. The fraction of sp³-hybridized carbons (Fsp3) is 0.833. The first-order valence-corrected chi connectivity index (χ1v) is 6.23. The lowest BCUT2D eigenvalue weighted by Crippen LogP contribution is -2.55. The van der Waals surface area contributed by atoms with Gasteiger partial charge in [0.15, 0.2) is 0 Å². The maximum Gasteiger partial charge on any atom is 0.305 e. The first-order valence-electron chi connectivity index (χ1n) is 6.23. The zero-order chi connectivity index (χ0) is 12.9. The van der Waals surface area contributed by atoms with Gasteiger partial charge in [-0.3, -0.25) is 9.59 Å². The van der Waals surface area contributed by atoms with Gasteiger partial charge in [0.05, 0.1) is 12.0 Å². The fourth-order valence-electron chi connectivity index (χ4n) is 2.18. The van der Waals surface area contributed by atoms with Crippen molar-refractivity contribution in [2.75, 3.05) is 6.54 Å². The molecule has 0 heterocycles. The molecule has 0 spiro atoms. The molecule has 5 nitrogen and oxygen atoms in total. The summed E-state index contributed by atoms with van der Waals surface area (Å²) in [6.45, 7) is 2.44. The van der Waals surface area contributed by atoms with Gasteiger partial charge in [0.1, 0.15) is 0 Å². The highest BCUT2D eigenvalue weighted by molar-refractivity contribution is 5.80. The summed E-state index contributed by atoms with van der Waals surface area (Å²) in [6.07, 6.45) is 4.14. The van der Waals surface area contributed by atoms with Gasteiger partial charge in [-0.2, -0.15) is 0 Å². The van der Waals surface area contributed by atoms with Crippen molar-refractivity contribution in [2.45, 2.75) is 51.0 Å². The first kappa shape index (κ1) is 14.0. The van der Waals surface area contributed by atoms with Crippen molar-refractivity contribution in [3.63, 3.8) is 0 Å². The lowest BCUT2D eigenvalue weighted by Gasteiger charge is -2.42. The number of carboxylic acid groups (broad SMARTS) is 1. The van der Waals surface area contributed by atoms with E-state index >= 15 is 0 Å². The number of hydrogen-bond donors (Lipinski definition) is 3. The van der Waals surface area contributed by atoms with Gasteiger partial charge in [0.2, 0.25) is 5.91 Å². The predicted molar refractivity (Wildman–Crippen MR) is 64.4 cm³/mol. The van der Waals surface area contributed by atoms with Crippen LogP contribution >= 0.6 is 0 Å². The summed E-state index contributed by atoms with van der Waals surface area (Å²) in [5.74, 6) is -0.983. The van der Waals surface area contributed by atoms with Gasteiger partial charge >= 0.3 is 5.97 Å². The van der Waals surface area contributed by atoms with E-state index in [1.807, 2.05) is 6.92 Å². The molecule has 1 fully saturated rings. The number of hydrogen-bond acceptors (Lipinski definition) is 3. The molecule has 5 heteroatoms. The van der Waals surface area contributed by atoms with Crippen molar-refractivity contribution in [3.05, 3.63) is 0 Å². The maximum absolute atomic E-state index is 11.9. The number of nitrogens with one attached hydrogen (secondary N) is 1. The summed E-state index contributed by atoms with van der Waals surface area (Å²) >= 11 is 0. The van der Waals surface area contributed by atoms with Crippen LogP contribution in [0.5, 0.6) is 0 Å². The van der Waals surface area contributed by atoms with Crippen molar-refractivity contribution < 1.29 is 14.7 Å². The van der Waals surface area contributed by atoms with E-state index in [4.69, 9.17) is 10.8 Å². The molecule has 4 N–H and O–H groups in total. The molecule has 1 unspecified atom stereocenters. The van der Waals surface area contributed by atoms with Crippen LogP contribution < -0.4 is 11.1 Å². The van der Waals surface area contributed by atoms with Crippen molar-refractivity contribution in [3.8, 4) is 0 Å². The number of amides is 1. The minimum atomic E-state index is -0.848. The smallest absolute Gasteiger partial charge is 0.305 e. The second-order valence-electron chi connectivity index (χ2n) is 5.03. The third-order valence-corrected chi connectivity index (χ3v) is 3.48. The average molecular weight is 242 g/mol. The van der Waals surface area contributed by atoms with E-state index in [9.17, 15) is 9.59 Å². The minimum Gasteiger partial charge on any atom is -0.481 e. The van der Waals surface area contributed by atoms with Gasteiger partial charge in [0.25, 0.3) is 0 Å². The Balaban J connectivity index is 2.45. The Morgan fingerprint density at radius 2 is 2.12 bits per heavy atom. The SMILES string of the molecule is CC(CCCN)C(=O)NC1(CC(=O)O)CCC1. The number of aliphatic carboxylic acids is 1. The normalized spacial score (nSPS) is 19.2. The van der Waals surface area contributed by atoms with Crippen LogP contribution in [0.3, 0.4) is 0 Å². The van der Waals surface area contributed by atoms with Crippen LogP contribution in [0.2, 0.25) is 0 Å². The van der Waals surface area contributed by atoms with Crippen molar-refractivity contribution >= 4 is 11.9 Å². The number of carbonyl (C=O) groups is 2. The van der Waals surface area contributed by atoms with Gasteiger partial charge in [-0.1, -0.05) is 6.92 Å². The number of carbonyl (C=O) groups excluding carboxylic acids is 1. The van der Waals surface area contributed by atoms with Crippen LogP contribution in [-0.4, -0.2) is 29.1 Å².